The Morgan fingerprint density at radius 2 is 1.79 bits per heavy atom. The highest BCUT2D eigenvalue weighted by Crippen LogP contribution is 2.20. The van der Waals surface area contributed by atoms with Crippen LogP contribution in [-0.2, 0) is 6.54 Å². The first-order chi connectivity index (χ1) is 13.5. The van der Waals surface area contributed by atoms with Gasteiger partial charge in [0.05, 0.1) is 25.9 Å². The summed E-state index contributed by atoms with van der Waals surface area (Å²) in [5.41, 5.74) is 1.88. The minimum absolute atomic E-state index is 0. The standard InChI is InChI=1S/C22H31N3O3.HI/c1-5-23-22(24-14-17-9-11-19(27-4)12-10-17)25-15-21(26)18-7-6-8-20(13-18)28-16(2)3;/h6-13,16,21,26H,5,14-15H2,1-4H3,(H2,23,24,25);1H. The van der Waals surface area contributed by atoms with Crippen LogP contribution in [0.25, 0.3) is 0 Å². The van der Waals surface area contributed by atoms with Gasteiger partial charge in [0, 0.05) is 13.1 Å². The molecule has 2 rings (SSSR count). The average Bonchev–Trinajstić information content (AvgIpc) is 2.70. The molecule has 160 valence electrons. The Balaban J connectivity index is 0.00000420. The van der Waals surface area contributed by atoms with Gasteiger partial charge in [0.15, 0.2) is 5.96 Å². The van der Waals surface area contributed by atoms with E-state index in [1.165, 1.54) is 0 Å². The Labute approximate surface area is 190 Å². The summed E-state index contributed by atoms with van der Waals surface area (Å²) in [4.78, 5) is 4.58. The van der Waals surface area contributed by atoms with Gasteiger partial charge in [-0.2, -0.15) is 0 Å². The maximum absolute atomic E-state index is 10.5. The van der Waals surface area contributed by atoms with Crippen molar-refractivity contribution in [1.29, 1.82) is 0 Å². The lowest BCUT2D eigenvalue weighted by atomic mass is 10.1. The van der Waals surface area contributed by atoms with Gasteiger partial charge >= 0.3 is 0 Å². The zero-order valence-electron chi connectivity index (χ0n) is 17.5. The molecule has 0 heterocycles. The van der Waals surface area contributed by atoms with Crippen LogP contribution in [-0.4, -0.2) is 37.4 Å². The van der Waals surface area contributed by atoms with Gasteiger partial charge in [0.2, 0.25) is 0 Å². The molecule has 29 heavy (non-hydrogen) atoms. The number of methoxy groups -OCH3 is 1. The van der Waals surface area contributed by atoms with E-state index >= 15 is 0 Å². The first kappa shape index (κ1) is 25.0. The maximum Gasteiger partial charge on any atom is 0.191 e. The van der Waals surface area contributed by atoms with Gasteiger partial charge in [-0.05, 0) is 56.2 Å². The van der Waals surface area contributed by atoms with Crippen LogP contribution in [0.15, 0.2) is 53.5 Å². The van der Waals surface area contributed by atoms with Gasteiger partial charge in [0.1, 0.15) is 11.5 Å². The maximum atomic E-state index is 10.5. The zero-order chi connectivity index (χ0) is 20.4. The molecule has 2 aromatic rings. The molecule has 0 saturated carbocycles. The lowest BCUT2D eigenvalue weighted by Crippen LogP contribution is -2.39. The predicted octanol–water partition coefficient (Wildman–Crippen LogP) is 3.89. The lowest BCUT2D eigenvalue weighted by Gasteiger charge is -2.17. The first-order valence-electron chi connectivity index (χ1n) is 9.61. The van der Waals surface area contributed by atoms with E-state index in [0.29, 0.717) is 19.0 Å². The van der Waals surface area contributed by atoms with Gasteiger partial charge in [-0.1, -0.05) is 24.3 Å². The molecule has 0 aromatic heterocycles. The minimum Gasteiger partial charge on any atom is -0.497 e. The number of hydrogen-bond donors (Lipinski definition) is 3. The molecule has 1 unspecified atom stereocenters. The van der Waals surface area contributed by atoms with Crippen LogP contribution in [0.3, 0.4) is 0 Å². The number of guanidine groups is 1. The van der Waals surface area contributed by atoms with E-state index in [4.69, 9.17) is 9.47 Å². The summed E-state index contributed by atoms with van der Waals surface area (Å²) >= 11 is 0. The molecule has 0 aliphatic rings. The second kappa shape index (κ2) is 13.3. The van der Waals surface area contributed by atoms with E-state index in [1.807, 2.05) is 69.3 Å². The number of aliphatic hydroxyl groups excluding tert-OH is 1. The molecular formula is C22H32IN3O3. The predicted molar refractivity (Wildman–Crippen MR) is 128 cm³/mol. The van der Waals surface area contributed by atoms with E-state index in [0.717, 1.165) is 29.2 Å². The van der Waals surface area contributed by atoms with Crippen LogP contribution in [0.4, 0.5) is 0 Å². The number of rotatable bonds is 9. The SMILES string of the molecule is CCNC(=NCc1ccc(OC)cc1)NCC(O)c1cccc(OC(C)C)c1.I. The quantitative estimate of drug-likeness (QED) is 0.270. The monoisotopic (exact) mass is 513 g/mol. The number of aliphatic imine (C=N–C) groups is 1. The lowest BCUT2D eigenvalue weighted by molar-refractivity contribution is 0.179. The number of hydrogen-bond acceptors (Lipinski definition) is 4. The van der Waals surface area contributed by atoms with Crippen molar-refractivity contribution in [2.24, 2.45) is 4.99 Å². The van der Waals surface area contributed by atoms with Gasteiger partial charge in [-0.3, -0.25) is 0 Å². The third-order valence-electron chi connectivity index (χ3n) is 4.00. The topological polar surface area (TPSA) is 75.1 Å². The molecular weight excluding hydrogens is 481 g/mol. The molecule has 3 N–H and O–H groups in total. The van der Waals surface area contributed by atoms with Crippen molar-refractivity contribution < 1.29 is 14.6 Å². The second-order valence-corrected chi connectivity index (χ2v) is 6.68. The summed E-state index contributed by atoms with van der Waals surface area (Å²) in [6, 6.07) is 15.3. The molecule has 2 aromatic carbocycles. The summed E-state index contributed by atoms with van der Waals surface area (Å²) in [6.45, 7) is 7.59. The van der Waals surface area contributed by atoms with Gasteiger partial charge in [-0.15, -0.1) is 24.0 Å². The van der Waals surface area contributed by atoms with E-state index in [1.54, 1.807) is 7.11 Å². The van der Waals surface area contributed by atoms with E-state index < -0.39 is 6.10 Å². The molecule has 0 bridgehead atoms. The Morgan fingerprint density at radius 1 is 1.07 bits per heavy atom. The number of benzene rings is 2. The Bertz CT molecular complexity index is 751. The summed E-state index contributed by atoms with van der Waals surface area (Å²) in [6.07, 6.45) is -0.573. The molecule has 0 aliphatic carbocycles. The molecule has 0 radical (unpaired) electrons. The fourth-order valence-electron chi connectivity index (χ4n) is 2.62. The van der Waals surface area contributed by atoms with Crippen LogP contribution < -0.4 is 20.1 Å². The fraction of sp³-hybridized carbons (Fsp3) is 0.409. The number of ether oxygens (including phenoxy) is 2. The average molecular weight is 513 g/mol. The second-order valence-electron chi connectivity index (χ2n) is 6.68. The van der Waals surface area contributed by atoms with Crippen LogP contribution in [0.2, 0.25) is 0 Å². The fourth-order valence-corrected chi connectivity index (χ4v) is 2.62. The molecule has 0 saturated heterocycles. The number of nitrogens with zero attached hydrogens (tertiary/aromatic N) is 1. The van der Waals surface area contributed by atoms with Gasteiger partial charge in [-0.25, -0.2) is 4.99 Å². The smallest absolute Gasteiger partial charge is 0.191 e. The van der Waals surface area contributed by atoms with Crippen molar-refractivity contribution in [3.8, 4) is 11.5 Å². The third-order valence-corrected chi connectivity index (χ3v) is 4.00. The highest BCUT2D eigenvalue weighted by Gasteiger charge is 2.10. The normalized spacial score (nSPS) is 12.1. The number of nitrogens with one attached hydrogen (secondary N) is 2. The van der Waals surface area contributed by atoms with E-state index in [2.05, 4.69) is 15.6 Å². The number of halogens is 1. The van der Waals surface area contributed by atoms with Gasteiger partial charge in [0.25, 0.3) is 0 Å². The van der Waals surface area contributed by atoms with E-state index in [9.17, 15) is 5.11 Å². The minimum atomic E-state index is -0.666. The number of aliphatic hydroxyl groups is 1. The zero-order valence-corrected chi connectivity index (χ0v) is 19.8. The van der Waals surface area contributed by atoms with Crippen molar-refractivity contribution in [1.82, 2.24) is 10.6 Å². The molecule has 0 amide bonds. The summed E-state index contributed by atoms with van der Waals surface area (Å²) in [5.74, 6) is 2.24. The Morgan fingerprint density at radius 3 is 2.41 bits per heavy atom. The van der Waals surface area contributed by atoms with Crippen molar-refractivity contribution in [3.05, 3.63) is 59.7 Å². The third kappa shape index (κ3) is 8.91. The summed E-state index contributed by atoms with van der Waals surface area (Å²) < 4.78 is 10.9. The van der Waals surface area contributed by atoms with Crippen LogP contribution in [0.5, 0.6) is 11.5 Å². The molecule has 7 heteroatoms. The Kier molecular flexibility index (Phi) is 11.5. The molecule has 0 aliphatic heterocycles. The molecule has 6 nitrogen and oxygen atoms in total. The molecule has 0 spiro atoms. The molecule has 1 atom stereocenters. The molecule has 0 fully saturated rings. The van der Waals surface area contributed by atoms with Crippen LogP contribution >= 0.6 is 24.0 Å². The Hall–Kier alpha value is -2.00. The van der Waals surface area contributed by atoms with Crippen molar-refractivity contribution in [3.63, 3.8) is 0 Å². The van der Waals surface area contributed by atoms with Crippen molar-refractivity contribution in [2.45, 2.75) is 39.5 Å². The summed E-state index contributed by atoms with van der Waals surface area (Å²) in [5, 5.41) is 16.9. The van der Waals surface area contributed by atoms with Crippen LogP contribution in [0, 0.1) is 0 Å². The highest BCUT2D eigenvalue weighted by atomic mass is 127. The van der Waals surface area contributed by atoms with E-state index in [-0.39, 0.29) is 30.1 Å². The van der Waals surface area contributed by atoms with Crippen molar-refractivity contribution in [2.75, 3.05) is 20.2 Å². The van der Waals surface area contributed by atoms with Gasteiger partial charge < -0.3 is 25.2 Å². The largest absolute Gasteiger partial charge is 0.497 e. The first-order valence-corrected chi connectivity index (χ1v) is 9.61. The van der Waals surface area contributed by atoms with Crippen molar-refractivity contribution >= 4 is 29.9 Å². The van der Waals surface area contributed by atoms with Crippen LogP contribution in [0.1, 0.15) is 38.0 Å². The summed E-state index contributed by atoms with van der Waals surface area (Å²) in [7, 11) is 1.65. The highest BCUT2D eigenvalue weighted by molar-refractivity contribution is 14.0.